The minimum atomic E-state index is 0.0668. The molecule has 0 aromatic heterocycles. The van der Waals surface area contributed by atoms with Gasteiger partial charge in [0.25, 0.3) is 0 Å². The lowest BCUT2D eigenvalue weighted by molar-refractivity contribution is 0.202. The summed E-state index contributed by atoms with van der Waals surface area (Å²) in [6.07, 6.45) is 0. The van der Waals surface area contributed by atoms with Crippen molar-refractivity contribution in [2.45, 2.75) is 20.8 Å². The van der Waals surface area contributed by atoms with Gasteiger partial charge in [0.15, 0.2) is 0 Å². The Morgan fingerprint density at radius 2 is 2.07 bits per heavy atom. The van der Waals surface area contributed by atoms with Crippen LogP contribution >= 0.6 is 24.2 Å². The summed E-state index contributed by atoms with van der Waals surface area (Å²) in [5.41, 5.74) is 1.21. The Kier molecular flexibility index (Phi) is 4.35. The normalized spacial score (nSPS) is 11.5. The lowest BCUT2D eigenvalue weighted by Crippen LogP contribution is -2.23. The lowest BCUT2D eigenvalue weighted by Gasteiger charge is -2.22. The van der Waals surface area contributed by atoms with Crippen LogP contribution in [0.15, 0.2) is 18.2 Å². The van der Waals surface area contributed by atoms with Crippen LogP contribution in [0.2, 0.25) is 5.02 Å². The lowest BCUT2D eigenvalue weighted by atomic mass is 9.98. The first kappa shape index (κ1) is 12.7. The second-order valence-electron chi connectivity index (χ2n) is 4.54. The minimum absolute atomic E-state index is 0.0668. The van der Waals surface area contributed by atoms with Gasteiger partial charge in [0, 0.05) is 5.41 Å². The fourth-order valence-electron chi connectivity index (χ4n) is 1.04. The molecule has 0 aliphatic heterocycles. The predicted octanol–water partition coefficient (Wildman–Crippen LogP) is 3.98. The third kappa shape index (κ3) is 3.96. The molecule has 84 valence electrons. The number of ether oxygens (including phenoxy) is 1. The molecule has 3 heteroatoms. The maximum Gasteiger partial charge on any atom is 0.137 e. The molecule has 1 rings (SSSR count). The Morgan fingerprint density at radius 1 is 1.40 bits per heavy atom. The largest absolute Gasteiger partial charge is 0.491 e. The number of rotatable bonds is 4. The highest BCUT2D eigenvalue weighted by Gasteiger charge is 2.17. The van der Waals surface area contributed by atoms with E-state index in [9.17, 15) is 0 Å². The van der Waals surface area contributed by atoms with Crippen LogP contribution in [-0.4, -0.2) is 12.4 Å². The first-order chi connectivity index (χ1) is 6.94. The molecule has 0 radical (unpaired) electrons. The molecule has 0 fully saturated rings. The van der Waals surface area contributed by atoms with E-state index >= 15 is 0 Å². The van der Waals surface area contributed by atoms with Gasteiger partial charge in [-0.1, -0.05) is 31.5 Å². The maximum atomic E-state index is 6.06. The molecule has 0 saturated carbocycles. The van der Waals surface area contributed by atoms with Crippen molar-refractivity contribution in [3.05, 3.63) is 28.8 Å². The van der Waals surface area contributed by atoms with Crippen LogP contribution in [0.3, 0.4) is 0 Å². The summed E-state index contributed by atoms with van der Waals surface area (Å²) < 4.78 is 5.67. The molecule has 1 aromatic rings. The van der Waals surface area contributed by atoms with Gasteiger partial charge in [-0.25, -0.2) is 0 Å². The number of benzene rings is 1. The first-order valence-corrected chi connectivity index (χ1v) is 5.95. The van der Waals surface area contributed by atoms with E-state index < -0.39 is 0 Å². The standard InChI is InChI=1S/C12H17ClOS/c1-9-4-5-11(10(13)6-9)14-7-12(2,3)8-15/h4-6,15H,7-8H2,1-3H3. The van der Waals surface area contributed by atoms with Crippen molar-refractivity contribution >= 4 is 24.2 Å². The van der Waals surface area contributed by atoms with Crippen molar-refractivity contribution in [1.82, 2.24) is 0 Å². The molecule has 15 heavy (non-hydrogen) atoms. The van der Waals surface area contributed by atoms with E-state index in [0.717, 1.165) is 17.1 Å². The highest BCUT2D eigenvalue weighted by molar-refractivity contribution is 7.80. The van der Waals surface area contributed by atoms with Crippen LogP contribution in [0, 0.1) is 12.3 Å². The molecule has 0 atom stereocenters. The topological polar surface area (TPSA) is 9.23 Å². The molecule has 0 unspecified atom stereocenters. The average Bonchev–Trinajstić information content (AvgIpc) is 2.16. The Hall–Kier alpha value is -0.340. The summed E-state index contributed by atoms with van der Waals surface area (Å²) in [5.74, 6) is 1.54. The third-order valence-electron chi connectivity index (χ3n) is 2.13. The van der Waals surface area contributed by atoms with Crippen molar-refractivity contribution < 1.29 is 4.74 Å². The van der Waals surface area contributed by atoms with Crippen molar-refractivity contribution in [2.24, 2.45) is 5.41 Å². The van der Waals surface area contributed by atoms with Crippen LogP contribution in [0.1, 0.15) is 19.4 Å². The van der Waals surface area contributed by atoms with Gasteiger partial charge in [-0.3, -0.25) is 0 Å². The van der Waals surface area contributed by atoms with Gasteiger partial charge in [-0.15, -0.1) is 0 Å². The third-order valence-corrected chi connectivity index (χ3v) is 3.29. The Labute approximate surface area is 102 Å². The molecule has 0 aliphatic carbocycles. The van der Waals surface area contributed by atoms with Gasteiger partial charge in [0.1, 0.15) is 5.75 Å². The Morgan fingerprint density at radius 3 is 2.60 bits per heavy atom. The molecular weight excluding hydrogens is 228 g/mol. The minimum Gasteiger partial charge on any atom is -0.491 e. The van der Waals surface area contributed by atoms with Crippen molar-refractivity contribution in [3.8, 4) is 5.75 Å². The summed E-state index contributed by atoms with van der Waals surface area (Å²) >= 11 is 10.3. The van der Waals surface area contributed by atoms with E-state index in [1.54, 1.807) is 0 Å². The highest BCUT2D eigenvalue weighted by Crippen LogP contribution is 2.27. The summed E-state index contributed by atoms with van der Waals surface area (Å²) in [5, 5.41) is 0.671. The predicted molar refractivity (Wildman–Crippen MR) is 69.3 cm³/mol. The zero-order valence-corrected chi connectivity index (χ0v) is 11.0. The first-order valence-electron chi connectivity index (χ1n) is 4.94. The average molecular weight is 245 g/mol. The quantitative estimate of drug-likeness (QED) is 0.789. The van der Waals surface area contributed by atoms with Crippen LogP contribution in [-0.2, 0) is 0 Å². The van der Waals surface area contributed by atoms with E-state index in [1.165, 1.54) is 0 Å². The van der Waals surface area contributed by atoms with Crippen molar-refractivity contribution in [3.63, 3.8) is 0 Å². The molecule has 0 spiro atoms. The zero-order valence-electron chi connectivity index (χ0n) is 9.38. The van der Waals surface area contributed by atoms with Gasteiger partial charge in [-0.2, -0.15) is 12.6 Å². The number of thiol groups is 1. The summed E-state index contributed by atoms with van der Waals surface area (Å²) in [6.45, 7) is 6.86. The molecule has 0 aliphatic rings. The smallest absolute Gasteiger partial charge is 0.137 e. The number of hydrogen-bond donors (Lipinski definition) is 1. The highest BCUT2D eigenvalue weighted by atomic mass is 35.5. The van der Waals surface area contributed by atoms with E-state index in [4.69, 9.17) is 16.3 Å². The summed E-state index contributed by atoms with van der Waals surface area (Å²) in [7, 11) is 0. The van der Waals surface area contributed by atoms with Gasteiger partial charge in [-0.05, 0) is 30.4 Å². The molecule has 0 saturated heterocycles. The number of aryl methyl sites for hydroxylation is 1. The number of halogens is 1. The van der Waals surface area contributed by atoms with Crippen LogP contribution in [0.4, 0.5) is 0 Å². The van der Waals surface area contributed by atoms with Crippen LogP contribution in [0.5, 0.6) is 5.75 Å². The molecular formula is C12H17ClOS. The van der Waals surface area contributed by atoms with Gasteiger partial charge in [0.2, 0.25) is 0 Å². The fourth-order valence-corrected chi connectivity index (χ4v) is 1.42. The second-order valence-corrected chi connectivity index (χ2v) is 5.27. The number of hydrogen-bond acceptors (Lipinski definition) is 2. The molecule has 1 nitrogen and oxygen atoms in total. The fraction of sp³-hybridized carbons (Fsp3) is 0.500. The monoisotopic (exact) mass is 244 g/mol. The van der Waals surface area contributed by atoms with Crippen LogP contribution in [0.25, 0.3) is 0 Å². The van der Waals surface area contributed by atoms with Gasteiger partial charge >= 0.3 is 0 Å². The summed E-state index contributed by atoms with van der Waals surface area (Å²) in [6, 6.07) is 5.81. The molecule has 0 amide bonds. The summed E-state index contributed by atoms with van der Waals surface area (Å²) in [4.78, 5) is 0. The van der Waals surface area contributed by atoms with E-state index in [1.807, 2.05) is 25.1 Å². The Balaban J connectivity index is 2.66. The van der Waals surface area contributed by atoms with Gasteiger partial charge in [0.05, 0.1) is 11.6 Å². The van der Waals surface area contributed by atoms with Crippen molar-refractivity contribution in [2.75, 3.05) is 12.4 Å². The van der Waals surface area contributed by atoms with Crippen LogP contribution < -0.4 is 4.74 Å². The molecule has 0 bridgehead atoms. The van der Waals surface area contributed by atoms with E-state index in [-0.39, 0.29) is 5.41 Å². The molecule has 0 N–H and O–H groups in total. The van der Waals surface area contributed by atoms with Crippen molar-refractivity contribution in [1.29, 1.82) is 0 Å². The van der Waals surface area contributed by atoms with E-state index in [0.29, 0.717) is 11.6 Å². The van der Waals surface area contributed by atoms with E-state index in [2.05, 4.69) is 26.5 Å². The molecule has 0 heterocycles. The van der Waals surface area contributed by atoms with Gasteiger partial charge < -0.3 is 4.74 Å². The Bertz CT molecular complexity index is 336. The second kappa shape index (κ2) is 5.13. The SMILES string of the molecule is Cc1ccc(OCC(C)(C)CS)c(Cl)c1. The zero-order chi connectivity index (χ0) is 11.5. The molecule has 1 aromatic carbocycles. The maximum absolute atomic E-state index is 6.06.